The normalized spacial score (nSPS) is 15.5. The van der Waals surface area contributed by atoms with Gasteiger partial charge >= 0.3 is 5.97 Å². The van der Waals surface area contributed by atoms with Crippen LogP contribution in [-0.4, -0.2) is 49.7 Å². The predicted octanol–water partition coefficient (Wildman–Crippen LogP) is 2.97. The fourth-order valence-electron chi connectivity index (χ4n) is 2.29. The van der Waals surface area contributed by atoms with Crippen LogP contribution in [0.5, 0.6) is 11.5 Å². The summed E-state index contributed by atoms with van der Waals surface area (Å²) in [6, 6.07) is 10.8. The Morgan fingerprint density at radius 1 is 1.28 bits per heavy atom. The van der Waals surface area contributed by atoms with Crippen LogP contribution in [0.1, 0.15) is 9.67 Å². The zero-order valence-electron chi connectivity index (χ0n) is 13.4. The third kappa shape index (κ3) is 4.52. The summed E-state index contributed by atoms with van der Waals surface area (Å²) in [4.78, 5) is 25.9. The quantitative estimate of drug-likeness (QED) is 0.688. The summed E-state index contributed by atoms with van der Waals surface area (Å²) in [5, 5.41) is 0. The van der Waals surface area contributed by atoms with Crippen LogP contribution in [0.3, 0.4) is 0 Å². The van der Waals surface area contributed by atoms with E-state index in [1.807, 2.05) is 24.3 Å². The molecule has 0 spiro atoms. The third-order valence-electron chi connectivity index (χ3n) is 3.57. The first-order valence-corrected chi connectivity index (χ1v) is 9.19. The number of likely N-dealkylation sites (N-methyl/N-ethyl adjacent to an activating group) is 1. The average molecular weight is 426 g/mol. The number of nitrogens with zero attached hydrogens (tertiary/aromatic N) is 1. The second kappa shape index (κ2) is 7.88. The number of ether oxygens (including phenoxy) is 3. The molecule has 6 nitrogen and oxygen atoms in total. The molecule has 8 heteroatoms. The molecule has 1 aliphatic rings. The predicted molar refractivity (Wildman–Crippen MR) is 96.3 cm³/mol. The number of hydrogen-bond donors (Lipinski definition) is 0. The molecule has 0 unspecified atom stereocenters. The highest BCUT2D eigenvalue weighted by molar-refractivity contribution is 9.11. The SMILES string of the molecule is CN(C[C@@H]1COc2ccccc2O1)C(=O)COC(=O)c1ccc(Br)s1. The van der Waals surface area contributed by atoms with Crippen molar-refractivity contribution < 1.29 is 23.8 Å². The first-order valence-electron chi connectivity index (χ1n) is 7.58. The van der Waals surface area contributed by atoms with Gasteiger partial charge in [0.25, 0.3) is 5.91 Å². The van der Waals surface area contributed by atoms with Gasteiger partial charge in [0.05, 0.1) is 10.3 Å². The topological polar surface area (TPSA) is 65.1 Å². The van der Waals surface area contributed by atoms with Crippen molar-refractivity contribution >= 4 is 39.1 Å². The highest BCUT2D eigenvalue weighted by Gasteiger charge is 2.24. The van der Waals surface area contributed by atoms with Crippen molar-refractivity contribution in [2.45, 2.75) is 6.10 Å². The largest absolute Gasteiger partial charge is 0.486 e. The fraction of sp³-hybridized carbons (Fsp3) is 0.294. The maximum absolute atomic E-state index is 12.1. The molecule has 1 aromatic carbocycles. The monoisotopic (exact) mass is 425 g/mol. The van der Waals surface area contributed by atoms with E-state index >= 15 is 0 Å². The van der Waals surface area contributed by atoms with Crippen molar-refractivity contribution in [3.8, 4) is 11.5 Å². The second-order valence-corrected chi connectivity index (χ2v) is 7.91. The smallest absolute Gasteiger partial charge is 0.348 e. The van der Waals surface area contributed by atoms with Gasteiger partial charge in [-0.05, 0) is 40.2 Å². The Morgan fingerprint density at radius 3 is 2.76 bits per heavy atom. The molecule has 2 aromatic rings. The second-order valence-electron chi connectivity index (χ2n) is 5.45. The number of rotatable bonds is 5. The van der Waals surface area contributed by atoms with Crippen LogP contribution in [0.2, 0.25) is 0 Å². The van der Waals surface area contributed by atoms with Gasteiger partial charge in [0, 0.05) is 7.05 Å². The van der Waals surface area contributed by atoms with Crippen LogP contribution in [-0.2, 0) is 9.53 Å². The summed E-state index contributed by atoms with van der Waals surface area (Å²) in [7, 11) is 1.64. The lowest BCUT2D eigenvalue weighted by Crippen LogP contribution is -2.43. The van der Waals surface area contributed by atoms with Crippen molar-refractivity contribution in [1.82, 2.24) is 4.90 Å². The molecule has 0 saturated carbocycles. The molecule has 0 fully saturated rings. The van der Waals surface area contributed by atoms with E-state index in [4.69, 9.17) is 14.2 Å². The molecule has 0 bridgehead atoms. The maximum atomic E-state index is 12.1. The van der Waals surface area contributed by atoms with E-state index in [1.165, 1.54) is 16.2 Å². The number of carbonyl (C=O) groups is 2. The molecule has 25 heavy (non-hydrogen) atoms. The fourth-order valence-corrected chi connectivity index (χ4v) is 3.57. The van der Waals surface area contributed by atoms with E-state index in [2.05, 4.69) is 15.9 Å². The summed E-state index contributed by atoms with van der Waals surface area (Å²) in [6.45, 7) is 0.391. The Bertz CT molecular complexity index is 778. The Morgan fingerprint density at radius 2 is 2.04 bits per heavy atom. The van der Waals surface area contributed by atoms with Crippen molar-refractivity contribution in [3.05, 3.63) is 45.1 Å². The average Bonchev–Trinajstić information content (AvgIpc) is 3.05. The number of para-hydroxylation sites is 2. The van der Waals surface area contributed by atoms with E-state index in [1.54, 1.807) is 19.2 Å². The van der Waals surface area contributed by atoms with Gasteiger partial charge in [0.2, 0.25) is 0 Å². The zero-order valence-corrected chi connectivity index (χ0v) is 15.8. The van der Waals surface area contributed by atoms with E-state index in [9.17, 15) is 9.59 Å². The van der Waals surface area contributed by atoms with E-state index < -0.39 is 5.97 Å². The number of amides is 1. The third-order valence-corrected chi connectivity index (χ3v) is 5.18. The lowest BCUT2D eigenvalue weighted by Gasteiger charge is -2.29. The van der Waals surface area contributed by atoms with E-state index in [-0.39, 0.29) is 18.6 Å². The van der Waals surface area contributed by atoms with Crippen LogP contribution in [0.25, 0.3) is 0 Å². The van der Waals surface area contributed by atoms with Crippen LogP contribution in [0, 0.1) is 0 Å². The van der Waals surface area contributed by atoms with Gasteiger partial charge in [-0.3, -0.25) is 4.79 Å². The number of fused-ring (bicyclic) bond motifs is 1. The van der Waals surface area contributed by atoms with Crippen LogP contribution in [0.15, 0.2) is 40.2 Å². The van der Waals surface area contributed by atoms with E-state index in [0.717, 1.165) is 3.79 Å². The Balaban J connectivity index is 1.47. The number of carbonyl (C=O) groups excluding carboxylic acids is 2. The molecule has 1 aliphatic heterocycles. The summed E-state index contributed by atoms with van der Waals surface area (Å²) < 4.78 is 17.3. The van der Waals surface area contributed by atoms with Crippen molar-refractivity contribution in [1.29, 1.82) is 0 Å². The molecular formula is C17H16BrNO5S. The maximum Gasteiger partial charge on any atom is 0.348 e. The molecule has 0 aliphatic carbocycles. The molecule has 1 atom stereocenters. The van der Waals surface area contributed by atoms with Crippen molar-refractivity contribution in [2.75, 3.05) is 26.8 Å². The first-order chi connectivity index (χ1) is 12.0. The van der Waals surface area contributed by atoms with Crippen LogP contribution in [0.4, 0.5) is 0 Å². The summed E-state index contributed by atoms with van der Waals surface area (Å²) in [5.41, 5.74) is 0. The summed E-state index contributed by atoms with van der Waals surface area (Å²) in [5.74, 6) is 0.549. The van der Waals surface area contributed by atoms with Crippen LogP contribution >= 0.6 is 27.3 Å². The van der Waals surface area contributed by atoms with Gasteiger partial charge in [-0.2, -0.15) is 0 Å². The summed E-state index contributed by atoms with van der Waals surface area (Å²) in [6.07, 6.45) is -0.271. The Hall–Kier alpha value is -2.06. The van der Waals surface area contributed by atoms with Crippen molar-refractivity contribution in [2.24, 2.45) is 0 Å². The minimum atomic E-state index is -0.511. The van der Waals surface area contributed by atoms with Crippen molar-refractivity contribution in [3.63, 3.8) is 0 Å². The minimum Gasteiger partial charge on any atom is -0.486 e. The molecule has 0 radical (unpaired) electrons. The number of esters is 1. The lowest BCUT2D eigenvalue weighted by atomic mass is 10.2. The molecule has 2 heterocycles. The zero-order chi connectivity index (χ0) is 17.8. The molecular weight excluding hydrogens is 410 g/mol. The number of benzene rings is 1. The van der Waals surface area contributed by atoms with Gasteiger partial charge < -0.3 is 19.1 Å². The van der Waals surface area contributed by atoms with Gasteiger partial charge in [0.15, 0.2) is 24.2 Å². The molecule has 132 valence electrons. The molecule has 0 N–H and O–H groups in total. The van der Waals surface area contributed by atoms with Crippen LogP contribution < -0.4 is 9.47 Å². The van der Waals surface area contributed by atoms with Gasteiger partial charge in [0.1, 0.15) is 11.5 Å². The molecule has 0 saturated heterocycles. The summed E-state index contributed by atoms with van der Waals surface area (Å²) >= 11 is 4.54. The Kier molecular flexibility index (Phi) is 5.60. The number of thiophene rings is 1. The first kappa shape index (κ1) is 17.8. The highest BCUT2D eigenvalue weighted by atomic mass is 79.9. The standard InChI is InChI=1S/C17H16BrNO5S/c1-19(8-11-9-22-12-4-2-3-5-13(12)24-11)16(20)10-23-17(21)14-6-7-15(18)25-14/h2-7,11H,8-10H2,1H3/t11-/m1/s1. The van der Waals surface area contributed by atoms with Gasteiger partial charge in [-0.25, -0.2) is 4.79 Å². The van der Waals surface area contributed by atoms with Gasteiger partial charge in [-0.1, -0.05) is 12.1 Å². The van der Waals surface area contributed by atoms with Gasteiger partial charge in [-0.15, -0.1) is 11.3 Å². The number of hydrogen-bond acceptors (Lipinski definition) is 6. The lowest BCUT2D eigenvalue weighted by molar-refractivity contribution is -0.134. The molecule has 1 aromatic heterocycles. The Labute approximate surface area is 157 Å². The van der Waals surface area contributed by atoms with E-state index in [0.29, 0.717) is 29.5 Å². The minimum absolute atomic E-state index is 0.271. The number of halogens is 1. The molecule has 1 amide bonds. The highest BCUT2D eigenvalue weighted by Crippen LogP contribution is 2.31. The molecule has 3 rings (SSSR count).